The zero-order chi connectivity index (χ0) is 17.3. The van der Waals surface area contributed by atoms with Gasteiger partial charge in [-0.25, -0.2) is 0 Å². The lowest BCUT2D eigenvalue weighted by Gasteiger charge is -2.30. The van der Waals surface area contributed by atoms with Crippen molar-refractivity contribution >= 4 is 5.78 Å². The normalized spacial score (nSPS) is 32.1. The Bertz CT molecular complexity index is 667. The maximum atomic E-state index is 12.7. The van der Waals surface area contributed by atoms with Crippen LogP contribution in [0.4, 0.5) is 0 Å². The molecular formula is C19H20N2O3-2. The summed E-state index contributed by atoms with van der Waals surface area (Å²) in [6.45, 7) is 0. The highest BCUT2D eigenvalue weighted by atomic mass is 16.3. The van der Waals surface area contributed by atoms with Gasteiger partial charge in [-0.05, 0) is 41.4 Å². The first-order chi connectivity index (χ1) is 11.5. The van der Waals surface area contributed by atoms with E-state index in [-0.39, 0.29) is 0 Å². The average Bonchev–Trinajstić information content (AvgIpc) is 2.76. The fourth-order valence-electron chi connectivity index (χ4n) is 2.99. The lowest BCUT2D eigenvalue weighted by molar-refractivity contribution is -0.458. The van der Waals surface area contributed by atoms with Crippen LogP contribution < -0.4 is 10.2 Å². The summed E-state index contributed by atoms with van der Waals surface area (Å²) in [7, 11) is 3.78. The largest absolute Gasteiger partial charge is 0.851 e. The van der Waals surface area contributed by atoms with E-state index in [1.807, 2.05) is 73.0 Å². The molecule has 0 spiro atoms. The van der Waals surface area contributed by atoms with Gasteiger partial charge in [-0.3, -0.25) is 0 Å². The van der Waals surface area contributed by atoms with E-state index in [9.17, 15) is 15.0 Å². The molecule has 0 aromatic carbocycles. The Morgan fingerprint density at radius 3 is 1.83 bits per heavy atom. The average molecular weight is 324 g/mol. The van der Waals surface area contributed by atoms with Crippen LogP contribution in [0, 0.1) is 11.8 Å². The highest BCUT2D eigenvalue weighted by molar-refractivity contribution is 5.90. The van der Waals surface area contributed by atoms with Crippen molar-refractivity contribution < 1.29 is 15.0 Å². The summed E-state index contributed by atoms with van der Waals surface area (Å²) in [6.07, 6.45) is 15.2. The van der Waals surface area contributed by atoms with E-state index >= 15 is 0 Å². The SMILES string of the molecule is CN1C=CC(=CC2C(=O)C([O-])C(C=C3C=CN(C)C=C3)C2[O-])C=C1. The van der Waals surface area contributed by atoms with Gasteiger partial charge in [0.15, 0.2) is 0 Å². The van der Waals surface area contributed by atoms with Gasteiger partial charge in [-0.2, -0.15) is 0 Å². The second-order valence-electron chi connectivity index (χ2n) is 6.32. The van der Waals surface area contributed by atoms with Crippen LogP contribution in [0.2, 0.25) is 0 Å². The summed E-state index contributed by atoms with van der Waals surface area (Å²) < 4.78 is 0. The lowest BCUT2D eigenvalue weighted by Crippen LogP contribution is -2.40. The summed E-state index contributed by atoms with van der Waals surface area (Å²) in [5, 5.41) is 25.0. The van der Waals surface area contributed by atoms with Gasteiger partial charge in [0, 0.05) is 44.8 Å². The maximum Gasteiger partial charge on any atom is 0.125 e. The molecule has 5 heteroatoms. The molecule has 4 atom stereocenters. The Hall–Kier alpha value is -2.37. The fourth-order valence-corrected chi connectivity index (χ4v) is 2.99. The number of nitrogens with zero attached hydrogens (tertiary/aromatic N) is 2. The van der Waals surface area contributed by atoms with Crippen LogP contribution in [-0.4, -0.2) is 41.9 Å². The van der Waals surface area contributed by atoms with Gasteiger partial charge in [0.25, 0.3) is 0 Å². The molecule has 0 N–H and O–H groups in total. The molecule has 0 bridgehead atoms. The summed E-state index contributed by atoms with van der Waals surface area (Å²) in [5.41, 5.74) is 1.58. The van der Waals surface area contributed by atoms with E-state index in [4.69, 9.17) is 0 Å². The standard InChI is InChI=1S/C19H20N2O3/c1-20-7-3-13(4-8-20)11-15-17(22)16(19(24)18(15)23)12-14-5-9-21(2)10-6-14/h3-12,15-18H,1-2H3/q-2. The summed E-state index contributed by atoms with van der Waals surface area (Å²) in [6, 6.07) is 0. The predicted molar refractivity (Wildman–Crippen MR) is 87.8 cm³/mol. The first-order valence-corrected chi connectivity index (χ1v) is 7.91. The number of rotatable bonds is 2. The minimum Gasteiger partial charge on any atom is -0.851 e. The van der Waals surface area contributed by atoms with Crippen LogP contribution in [0.5, 0.6) is 0 Å². The molecule has 126 valence electrons. The predicted octanol–water partition coefficient (Wildman–Crippen LogP) is 0.0577. The monoisotopic (exact) mass is 324 g/mol. The Morgan fingerprint density at radius 1 is 0.875 bits per heavy atom. The lowest BCUT2D eigenvalue weighted by atomic mass is 9.95. The van der Waals surface area contributed by atoms with Crippen molar-refractivity contribution in [3.8, 4) is 0 Å². The molecule has 0 aromatic rings. The number of allylic oxidation sites excluding steroid dienone is 6. The molecule has 3 aliphatic rings. The molecule has 2 aliphatic heterocycles. The van der Waals surface area contributed by atoms with Crippen molar-refractivity contribution in [1.82, 2.24) is 9.80 Å². The smallest absolute Gasteiger partial charge is 0.125 e. The van der Waals surface area contributed by atoms with Crippen LogP contribution in [0.3, 0.4) is 0 Å². The van der Waals surface area contributed by atoms with E-state index < -0.39 is 29.8 Å². The van der Waals surface area contributed by atoms with Crippen LogP contribution in [0.15, 0.2) is 72.4 Å². The van der Waals surface area contributed by atoms with Crippen LogP contribution in [0.25, 0.3) is 0 Å². The van der Waals surface area contributed by atoms with Gasteiger partial charge in [-0.1, -0.05) is 18.3 Å². The van der Waals surface area contributed by atoms with Crippen molar-refractivity contribution in [2.45, 2.75) is 12.2 Å². The highest BCUT2D eigenvalue weighted by Crippen LogP contribution is 2.31. The Kier molecular flexibility index (Phi) is 4.55. The van der Waals surface area contributed by atoms with E-state index in [1.165, 1.54) is 0 Å². The molecule has 24 heavy (non-hydrogen) atoms. The molecule has 0 aromatic heterocycles. The second kappa shape index (κ2) is 6.63. The zero-order valence-electron chi connectivity index (χ0n) is 13.7. The first-order valence-electron chi connectivity index (χ1n) is 7.91. The van der Waals surface area contributed by atoms with Crippen LogP contribution in [-0.2, 0) is 4.79 Å². The van der Waals surface area contributed by atoms with E-state index in [0.717, 1.165) is 11.1 Å². The molecule has 0 radical (unpaired) electrons. The molecule has 1 fully saturated rings. The van der Waals surface area contributed by atoms with E-state index in [1.54, 1.807) is 12.2 Å². The summed E-state index contributed by atoms with van der Waals surface area (Å²) in [4.78, 5) is 16.0. The Balaban J connectivity index is 1.81. The molecular weight excluding hydrogens is 304 g/mol. The minimum absolute atomic E-state index is 0.508. The molecule has 2 heterocycles. The van der Waals surface area contributed by atoms with Crippen LogP contribution in [0.1, 0.15) is 0 Å². The quantitative estimate of drug-likeness (QED) is 0.718. The van der Waals surface area contributed by atoms with Crippen molar-refractivity contribution in [2.24, 2.45) is 11.8 Å². The van der Waals surface area contributed by atoms with E-state index in [2.05, 4.69) is 0 Å². The van der Waals surface area contributed by atoms with Gasteiger partial charge in [0.05, 0.1) is 0 Å². The molecule has 1 aliphatic carbocycles. The third kappa shape index (κ3) is 3.27. The fraction of sp³-hybridized carbons (Fsp3) is 0.316. The number of hydrogen-bond donors (Lipinski definition) is 0. The van der Waals surface area contributed by atoms with Crippen molar-refractivity contribution in [2.75, 3.05) is 14.1 Å². The van der Waals surface area contributed by atoms with Crippen molar-refractivity contribution in [3.05, 3.63) is 72.4 Å². The van der Waals surface area contributed by atoms with Crippen molar-refractivity contribution in [3.63, 3.8) is 0 Å². The first kappa shape index (κ1) is 16.5. The summed E-state index contributed by atoms with van der Waals surface area (Å²) in [5.74, 6) is -2.21. The maximum absolute atomic E-state index is 12.7. The summed E-state index contributed by atoms with van der Waals surface area (Å²) >= 11 is 0. The van der Waals surface area contributed by atoms with Gasteiger partial charge < -0.3 is 24.8 Å². The third-order valence-corrected chi connectivity index (χ3v) is 4.46. The van der Waals surface area contributed by atoms with Gasteiger partial charge >= 0.3 is 0 Å². The van der Waals surface area contributed by atoms with Crippen LogP contribution >= 0.6 is 0 Å². The van der Waals surface area contributed by atoms with Crippen molar-refractivity contribution in [1.29, 1.82) is 0 Å². The van der Waals surface area contributed by atoms with E-state index in [0.29, 0.717) is 0 Å². The number of Topliss-reactive ketones (excluding diaryl/α,β-unsaturated/α-hetero) is 1. The Labute approximate surface area is 141 Å². The topological polar surface area (TPSA) is 69.7 Å². The Morgan fingerprint density at radius 2 is 1.33 bits per heavy atom. The van der Waals surface area contributed by atoms with Gasteiger partial charge in [0.1, 0.15) is 5.78 Å². The highest BCUT2D eigenvalue weighted by Gasteiger charge is 2.36. The zero-order valence-corrected chi connectivity index (χ0v) is 13.7. The molecule has 0 saturated heterocycles. The number of carbonyl (C=O) groups is 1. The number of carbonyl (C=O) groups excluding carboxylic acids is 1. The minimum atomic E-state index is -1.50. The molecule has 1 saturated carbocycles. The van der Waals surface area contributed by atoms with Gasteiger partial charge in [-0.15, -0.1) is 6.10 Å². The van der Waals surface area contributed by atoms with Gasteiger partial charge in [0.2, 0.25) is 0 Å². The number of hydrogen-bond acceptors (Lipinski definition) is 5. The molecule has 5 nitrogen and oxygen atoms in total. The second-order valence-corrected chi connectivity index (χ2v) is 6.32. The number of ketones is 1. The molecule has 0 amide bonds. The molecule has 4 unspecified atom stereocenters. The third-order valence-electron chi connectivity index (χ3n) is 4.46. The molecule has 3 rings (SSSR count).